The standard InChI is InChI=1S/C26H23P/c1-27(2,3)17-26-22-14-12-18-8-4-6-10-20(18)24(22)16-25-21-11-7-5-9-19(21)13-15-23(25)26/h4-16H,1,17H2,2-3H3. The predicted molar refractivity (Wildman–Crippen MR) is 126 cm³/mol. The minimum absolute atomic E-state index is 1.07. The van der Waals surface area contributed by atoms with Crippen LogP contribution >= 0.6 is 6.89 Å². The quantitative estimate of drug-likeness (QED) is 0.172. The molecule has 1 heteroatoms. The molecule has 132 valence electrons. The summed E-state index contributed by atoms with van der Waals surface area (Å²) in [5.41, 5.74) is 1.47. The Morgan fingerprint density at radius 1 is 0.593 bits per heavy atom. The van der Waals surface area contributed by atoms with Gasteiger partial charge in [0.25, 0.3) is 0 Å². The van der Waals surface area contributed by atoms with Gasteiger partial charge < -0.3 is 0 Å². The van der Waals surface area contributed by atoms with E-state index in [0.717, 1.165) is 6.16 Å². The smallest absolute Gasteiger partial charge is 0.00719 e. The van der Waals surface area contributed by atoms with Gasteiger partial charge in [0.15, 0.2) is 0 Å². The van der Waals surface area contributed by atoms with Crippen molar-refractivity contribution in [2.24, 2.45) is 0 Å². The van der Waals surface area contributed by atoms with Crippen LogP contribution in [-0.2, 0) is 6.16 Å². The van der Waals surface area contributed by atoms with Crippen molar-refractivity contribution in [1.29, 1.82) is 0 Å². The maximum atomic E-state index is 4.52. The maximum Gasteiger partial charge on any atom is -0.00719 e. The minimum atomic E-state index is -1.22. The molecule has 5 aromatic rings. The fraction of sp³-hybridized carbons (Fsp3) is 0.115. The van der Waals surface area contributed by atoms with Gasteiger partial charge in [0, 0.05) is 0 Å². The summed E-state index contributed by atoms with van der Waals surface area (Å²) in [6.07, 6.45) is 5.58. The summed E-state index contributed by atoms with van der Waals surface area (Å²) >= 11 is 0. The van der Waals surface area contributed by atoms with E-state index < -0.39 is 6.89 Å². The Morgan fingerprint density at radius 2 is 1.07 bits per heavy atom. The Balaban J connectivity index is 2.04. The number of fused-ring (bicyclic) bond motifs is 6. The first-order chi connectivity index (χ1) is 13.0. The normalized spacial score (nSPS) is 12.4. The van der Waals surface area contributed by atoms with Crippen LogP contribution in [0.3, 0.4) is 0 Å². The average Bonchev–Trinajstić information content (AvgIpc) is 2.66. The lowest BCUT2D eigenvalue weighted by atomic mass is 9.91. The summed E-state index contributed by atoms with van der Waals surface area (Å²) in [6, 6.07) is 29.0. The van der Waals surface area contributed by atoms with E-state index in [1.165, 1.54) is 48.7 Å². The third-order valence-corrected chi connectivity index (χ3v) is 6.64. The zero-order chi connectivity index (χ0) is 18.6. The van der Waals surface area contributed by atoms with E-state index >= 15 is 0 Å². The molecule has 0 nitrogen and oxygen atoms in total. The van der Waals surface area contributed by atoms with Crippen LogP contribution in [0.2, 0.25) is 0 Å². The molecule has 5 rings (SSSR count). The fourth-order valence-electron chi connectivity index (χ4n) is 4.32. The second kappa shape index (κ2) is 5.98. The van der Waals surface area contributed by atoms with Gasteiger partial charge in [0.1, 0.15) is 0 Å². The predicted octanol–water partition coefficient (Wildman–Crippen LogP) is 7.51. The van der Waals surface area contributed by atoms with Crippen LogP contribution in [0.1, 0.15) is 5.56 Å². The Bertz CT molecular complexity index is 1290. The van der Waals surface area contributed by atoms with E-state index in [1.54, 1.807) is 0 Å². The molecule has 0 unspecified atom stereocenters. The average molecular weight is 366 g/mol. The van der Waals surface area contributed by atoms with Crippen LogP contribution in [0.15, 0.2) is 78.9 Å². The SMILES string of the molecule is C=P(C)(C)Cc1c2ccc3ccccc3c2cc2c1ccc1ccccc12. The summed E-state index contributed by atoms with van der Waals surface area (Å²) in [5.74, 6) is 0. The van der Waals surface area contributed by atoms with Gasteiger partial charge in [0.2, 0.25) is 0 Å². The Labute approximate surface area is 160 Å². The number of hydrogen-bond donors (Lipinski definition) is 0. The molecule has 0 amide bonds. The summed E-state index contributed by atoms with van der Waals surface area (Å²) in [4.78, 5) is 0. The van der Waals surface area contributed by atoms with Crippen molar-refractivity contribution in [2.75, 3.05) is 13.3 Å². The van der Waals surface area contributed by atoms with Crippen molar-refractivity contribution in [2.45, 2.75) is 6.16 Å². The van der Waals surface area contributed by atoms with Gasteiger partial charge in [-0.15, -0.1) is 13.2 Å². The molecule has 5 aromatic carbocycles. The first-order valence-corrected chi connectivity index (χ1v) is 12.5. The lowest BCUT2D eigenvalue weighted by molar-refractivity contribution is 1.48. The molecule has 0 aliphatic heterocycles. The number of rotatable bonds is 2. The topological polar surface area (TPSA) is 0 Å². The van der Waals surface area contributed by atoms with Crippen LogP contribution in [0.5, 0.6) is 0 Å². The van der Waals surface area contributed by atoms with E-state index in [-0.39, 0.29) is 0 Å². The molecule has 0 saturated carbocycles. The zero-order valence-corrected chi connectivity index (χ0v) is 16.8. The Morgan fingerprint density at radius 3 is 1.56 bits per heavy atom. The molecule has 0 aliphatic rings. The molecule has 27 heavy (non-hydrogen) atoms. The third kappa shape index (κ3) is 2.76. The van der Waals surface area contributed by atoms with E-state index in [9.17, 15) is 0 Å². The number of benzene rings is 5. The molecule has 0 spiro atoms. The summed E-state index contributed by atoms with van der Waals surface area (Å²) in [7, 11) is 0. The summed E-state index contributed by atoms with van der Waals surface area (Å²) in [6.45, 7) is 3.45. The highest BCUT2D eigenvalue weighted by Gasteiger charge is 2.14. The lowest BCUT2D eigenvalue weighted by Crippen LogP contribution is -1.93. The van der Waals surface area contributed by atoms with Crippen LogP contribution < -0.4 is 0 Å². The molecular formula is C26H23P. The van der Waals surface area contributed by atoms with Crippen molar-refractivity contribution >= 4 is 56.3 Å². The van der Waals surface area contributed by atoms with Crippen LogP contribution in [0, 0.1) is 0 Å². The molecule has 0 saturated heterocycles. The second-order valence-corrected chi connectivity index (χ2v) is 12.4. The van der Waals surface area contributed by atoms with Crippen molar-refractivity contribution in [3.8, 4) is 0 Å². The van der Waals surface area contributed by atoms with Gasteiger partial charge >= 0.3 is 0 Å². The van der Waals surface area contributed by atoms with E-state index in [4.69, 9.17) is 0 Å². The fourth-order valence-corrected chi connectivity index (χ4v) is 5.51. The molecule has 0 radical (unpaired) electrons. The molecule has 0 aliphatic carbocycles. The Hall–Kier alpha value is -2.56. The highest BCUT2D eigenvalue weighted by atomic mass is 31.2. The largest absolute Gasteiger partial charge is 0.114 e. The second-order valence-electron chi connectivity index (χ2n) is 8.21. The van der Waals surface area contributed by atoms with Gasteiger partial charge in [-0.1, -0.05) is 72.8 Å². The first kappa shape index (κ1) is 16.6. The van der Waals surface area contributed by atoms with Crippen molar-refractivity contribution in [1.82, 2.24) is 0 Å². The monoisotopic (exact) mass is 366 g/mol. The van der Waals surface area contributed by atoms with E-state index in [1.807, 2.05) is 0 Å². The molecule has 0 heterocycles. The van der Waals surface area contributed by atoms with Gasteiger partial charge in [-0.05, 0) is 74.2 Å². The highest BCUT2D eigenvalue weighted by molar-refractivity contribution is 7.71. The lowest BCUT2D eigenvalue weighted by Gasteiger charge is -2.19. The maximum absolute atomic E-state index is 4.52. The third-order valence-electron chi connectivity index (χ3n) is 5.47. The van der Waals surface area contributed by atoms with Crippen molar-refractivity contribution in [3.05, 3.63) is 84.4 Å². The van der Waals surface area contributed by atoms with Crippen molar-refractivity contribution < 1.29 is 0 Å². The number of hydrogen-bond acceptors (Lipinski definition) is 0. The van der Waals surface area contributed by atoms with E-state index in [0.29, 0.717) is 0 Å². The Kier molecular flexibility index (Phi) is 3.67. The highest BCUT2D eigenvalue weighted by Crippen LogP contribution is 2.45. The molecule has 0 bridgehead atoms. The minimum Gasteiger partial charge on any atom is -0.114 e. The van der Waals surface area contributed by atoms with Crippen LogP contribution in [0.4, 0.5) is 0 Å². The van der Waals surface area contributed by atoms with Gasteiger partial charge in [-0.25, -0.2) is 0 Å². The van der Waals surface area contributed by atoms with Gasteiger partial charge in [-0.3, -0.25) is 0 Å². The van der Waals surface area contributed by atoms with Crippen LogP contribution in [0.25, 0.3) is 43.1 Å². The van der Waals surface area contributed by atoms with Gasteiger partial charge in [-0.2, -0.15) is 0 Å². The summed E-state index contributed by atoms with van der Waals surface area (Å²) in [5, 5.41) is 10.8. The zero-order valence-electron chi connectivity index (χ0n) is 15.9. The molecule has 0 atom stereocenters. The molecule has 0 N–H and O–H groups in total. The van der Waals surface area contributed by atoms with Gasteiger partial charge in [0.05, 0.1) is 0 Å². The van der Waals surface area contributed by atoms with Crippen LogP contribution in [-0.4, -0.2) is 19.6 Å². The molecule has 0 fully saturated rings. The molecule has 0 aromatic heterocycles. The van der Waals surface area contributed by atoms with E-state index in [2.05, 4.69) is 98.5 Å². The molecular weight excluding hydrogens is 343 g/mol. The summed E-state index contributed by atoms with van der Waals surface area (Å²) < 4.78 is 0. The first-order valence-electron chi connectivity index (χ1n) is 9.43. The van der Waals surface area contributed by atoms with Crippen molar-refractivity contribution in [3.63, 3.8) is 0 Å².